The van der Waals surface area contributed by atoms with Crippen LogP contribution in [0.3, 0.4) is 0 Å². The molecule has 0 saturated carbocycles. The van der Waals surface area contributed by atoms with E-state index in [2.05, 4.69) is 45.7 Å². The molecule has 18 heavy (non-hydrogen) atoms. The molecule has 0 aliphatic rings. The SMILES string of the molecule is CCNc1nc(NCC(C)(C)SC)nc(OC)n1. The van der Waals surface area contributed by atoms with Gasteiger partial charge in [0.1, 0.15) is 0 Å². The van der Waals surface area contributed by atoms with Crippen LogP contribution in [0, 0.1) is 0 Å². The number of nitrogens with zero attached hydrogens (tertiary/aromatic N) is 3. The smallest absolute Gasteiger partial charge is 0.322 e. The summed E-state index contributed by atoms with van der Waals surface area (Å²) < 4.78 is 5.18. The van der Waals surface area contributed by atoms with Crippen molar-refractivity contribution < 1.29 is 4.74 Å². The number of anilines is 2. The Morgan fingerprint density at radius 3 is 2.28 bits per heavy atom. The van der Waals surface area contributed by atoms with Gasteiger partial charge < -0.3 is 15.4 Å². The normalized spacial score (nSPS) is 11.2. The minimum atomic E-state index is 0.123. The highest BCUT2D eigenvalue weighted by Gasteiger charge is 2.16. The Morgan fingerprint density at radius 1 is 1.17 bits per heavy atom. The average Bonchev–Trinajstić information content (AvgIpc) is 2.37. The molecule has 0 atom stereocenters. The Labute approximate surface area is 112 Å². The van der Waals surface area contributed by atoms with Crippen LogP contribution in [0.4, 0.5) is 11.9 Å². The van der Waals surface area contributed by atoms with E-state index in [0.29, 0.717) is 17.9 Å². The van der Waals surface area contributed by atoms with Crippen LogP contribution >= 0.6 is 11.8 Å². The summed E-state index contributed by atoms with van der Waals surface area (Å²) in [5.41, 5.74) is 0. The highest BCUT2D eigenvalue weighted by atomic mass is 32.2. The molecular formula is C11H21N5OS. The van der Waals surface area contributed by atoms with E-state index in [4.69, 9.17) is 4.74 Å². The number of aromatic nitrogens is 3. The van der Waals surface area contributed by atoms with E-state index in [9.17, 15) is 0 Å². The first-order chi connectivity index (χ1) is 8.50. The van der Waals surface area contributed by atoms with Gasteiger partial charge in [-0.25, -0.2) is 0 Å². The average molecular weight is 271 g/mol. The number of thioether (sulfide) groups is 1. The maximum Gasteiger partial charge on any atom is 0.322 e. The molecule has 0 aliphatic heterocycles. The standard InChI is InChI=1S/C11H21N5OS/c1-6-12-8-14-9(16-10(15-8)17-4)13-7-11(2,3)18-5/h6-7H2,1-5H3,(H2,12,13,14,15,16). The molecule has 6 nitrogen and oxygen atoms in total. The van der Waals surface area contributed by atoms with E-state index in [0.717, 1.165) is 13.1 Å². The van der Waals surface area contributed by atoms with Crippen LogP contribution in [-0.2, 0) is 0 Å². The van der Waals surface area contributed by atoms with Crippen molar-refractivity contribution in [1.29, 1.82) is 0 Å². The van der Waals surface area contributed by atoms with Gasteiger partial charge in [0.25, 0.3) is 0 Å². The van der Waals surface area contributed by atoms with Gasteiger partial charge in [0.2, 0.25) is 11.9 Å². The fourth-order valence-electron chi connectivity index (χ4n) is 1.13. The monoisotopic (exact) mass is 271 g/mol. The quantitative estimate of drug-likeness (QED) is 0.784. The molecule has 0 amide bonds. The van der Waals surface area contributed by atoms with Gasteiger partial charge >= 0.3 is 6.01 Å². The van der Waals surface area contributed by atoms with Gasteiger partial charge in [-0.15, -0.1) is 0 Å². The molecule has 0 radical (unpaired) electrons. The van der Waals surface area contributed by atoms with Gasteiger partial charge in [0, 0.05) is 17.8 Å². The number of methoxy groups -OCH3 is 1. The number of hydrogen-bond donors (Lipinski definition) is 2. The number of ether oxygens (including phenoxy) is 1. The van der Waals surface area contributed by atoms with Crippen LogP contribution in [0.25, 0.3) is 0 Å². The number of hydrogen-bond acceptors (Lipinski definition) is 7. The summed E-state index contributed by atoms with van der Waals surface area (Å²) in [5.74, 6) is 1.05. The lowest BCUT2D eigenvalue weighted by atomic mass is 10.2. The summed E-state index contributed by atoms with van der Waals surface area (Å²) in [6.45, 7) is 7.83. The molecule has 0 fully saturated rings. The second kappa shape index (κ2) is 6.63. The zero-order chi connectivity index (χ0) is 13.6. The molecular weight excluding hydrogens is 250 g/mol. The Hall–Kier alpha value is -1.24. The van der Waals surface area contributed by atoms with Crippen molar-refractivity contribution in [3.05, 3.63) is 0 Å². The summed E-state index contributed by atoms with van der Waals surface area (Å²) in [5, 5.41) is 6.25. The maximum absolute atomic E-state index is 5.05. The molecule has 1 rings (SSSR count). The third-order valence-corrected chi connectivity index (χ3v) is 3.61. The van der Waals surface area contributed by atoms with E-state index in [1.54, 1.807) is 18.9 Å². The second-order valence-corrected chi connectivity index (χ2v) is 5.83. The molecule has 1 aromatic heterocycles. The lowest BCUT2D eigenvalue weighted by Gasteiger charge is -2.22. The summed E-state index contributed by atoms with van der Waals surface area (Å²) in [6, 6.07) is 0.311. The van der Waals surface area contributed by atoms with Crippen LogP contribution in [-0.4, -0.2) is 46.2 Å². The van der Waals surface area contributed by atoms with Gasteiger partial charge in [-0.3, -0.25) is 0 Å². The number of nitrogens with one attached hydrogen (secondary N) is 2. The van der Waals surface area contributed by atoms with Gasteiger partial charge in [-0.1, -0.05) is 0 Å². The van der Waals surface area contributed by atoms with Gasteiger partial charge in [-0.05, 0) is 27.0 Å². The van der Waals surface area contributed by atoms with Crippen molar-refractivity contribution in [3.63, 3.8) is 0 Å². The molecule has 0 aliphatic carbocycles. The van der Waals surface area contributed by atoms with Crippen LogP contribution < -0.4 is 15.4 Å². The van der Waals surface area contributed by atoms with E-state index >= 15 is 0 Å². The molecule has 2 N–H and O–H groups in total. The molecule has 1 heterocycles. The Kier molecular flexibility index (Phi) is 5.46. The van der Waals surface area contributed by atoms with Crippen LogP contribution in [0.15, 0.2) is 0 Å². The zero-order valence-corrected chi connectivity index (χ0v) is 12.4. The molecule has 0 saturated heterocycles. The predicted octanol–water partition coefficient (Wildman–Crippen LogP) is 1.87. The fraction of sp³-hybridized carbons (Fsp3) is 0.727. The van der Waals surface area contributed by atoms with Crippen molar-refractivity contribution in [2.75, 3.05) is 37.1 Å². The summed E-state index contributed by atoms with van der Waals surface area (Å²) in [6.07, 6.45) is 2.08. The van der Waals surface area contributed by atoms with Crippen LogP contribution in [0.2, 0.25) is 0 Å². The molecule has 7 heteroatoms. The highest BCUT2D eigenvalue weighted by molar-refractivity contribution is 7.99. The molecule has 0 bridgehead atoms. The van der Waals surface area contributed by atoms with E-state index in [1.807, 2.05) is 6.92 Å². The third-order valence-electron chi connectivity index (χ3n) is 2.36. The lowest BCUT2D eigenvalue weighted by Crippen LogP contribution is -2.26. The fourth-order valence-corrected chi connectivity index (χ4v) is 1.34. The topological polar surface area (TPSA) is 72.0 Å². The highest BCUT2D eigenvalue weighted by Crippen LogP contribution is 2.21. The first kappa shape index (κ1) is 14.8. The van der Waals surface area contributed by atoms with Crippen molar-refractivity contribution in [2.45, 2.75) is 25.5 Å². The van der Waals surface area contributed by atoms with Crippen LogP contribution in [0.5, 0.6) is 6.01 Å². The van der Waals surface area contributed by atoms with E-state index in [1.165, 1.54) is 0 Å². The summed E-state index contributed by atoms with van der Waals surface area (Å²) in [7, 11) is 1.54. The van der Waals surface area contributed by atoms with Gasteiger partial charge in [0.15, 0.2) is 0 Å². The molecule has 0 unspecified atom stereocenters. The molecule has 0 aromatic carbocycles. The minimum absolute atomic E-state index is 0.123. The molecule has 0 spiro atoms. The van der Waals surface area contributed by atoms with Crippen molar-refractivity contribution in [1.82, 2.24) is 15.0 Å². The Bertz CT molecular complexity index is 386. The van der Waals surface area contributed by atoms with Crippen molar-refractivity contribution >= 4 is 23.7 Å². The first-order valence-electron chi connectivity index (χ1n) is 5.83. The zero-order valence-electron chi connectivity index (χ0n) is 11.6. The second-order valence-electron chi connectivity index (χ2n) is 4.32. The third kappa shape index (κ3) is 4.56. The van der Waals surface area contributed by atoms with E-state index < -0.39 is 0 Å². The Balaban J connectivity index is 2.78. The summed E-state index contributed by atoms with van der Waals surface area (Å²) >= 11 is 1.79. The predicted molar refractivity (Wildman–Crippen MR) is 76.6 cm³/mol. The minimum Gasteiger partial charge on any atom is -0.467 e. The van der Waals surface area contributed by atoms with Crippen molar-refractivity contribution in [3.8, 4) is 6.01 Å². The van der Waals surface area contributed by atoms with Crippen molar-refractivity contribution in [2.24, 2.45) is 0 Å². The van der Waals surface area contributed by atoms with Crippen LogP contribution in [0.1, 0.15) is 20.8 Å². The molecule has 102 valence electrons. The van der Waals surface area contributed by atoms with Gasteiger partial charge in [0.05, 0.1) is 7.11 Å². The molecule has 1 aromatic rings. The van der Waals surface area contributed by atoms with E-state index in [-0.39, 0.29) is 4.75 Å². The number of rotatable bonds is 7. The summed E-state index contributed by atoms with van der Waals surface area (Å²) in [4.78, 5) is 12.5. The first-order valence-corrected chi connectivity index (χ1v) is 7.06. The largest absolute Gasteiger partial charge is 0.467 e. The lowest BCUT2D eigenvalue weighted by molar-refractivity contribution is 0.379. The van der Waals surface area contributed by atoms with Gasteiger partial charge in [-0.2, -0.15) is 26.7 Å². The maximum atomic E-state index is 5.05. The Morgan fingerprint density at radius 2 is 1.78 bits per heavy atom.